The second kappa shape index (κ2) is 8.14. The van der Waals surface area contributed by atoms with Crippen molar-refractivity contribution >= 4 is 43.6 Å². The maximum absolute atomic E-state index is 13.2. The van der Waals surface area contributed by atoms with Gasteiger partial charge in [-0.3, -0.25) is 4.79 Å². The topological polar surface area (TPSA) is 87.9 Å². The maximum atomic E-state index is 13.2. The highest BCUT2D eigenvalue weighted by Crippen LogP contribution is 2.51. The number of allylic oxidation sites excluding steroid dienone is 2. The molecule has 1 aromatic carbocycles. The average Bonchev–Trinajstić information content (AvgIpc) is 2.58. The zero-order valence-electron chi connectivity index (χ0n) is 16.7. The Balaban J connectivity index is 2.30. The van der Waals surface area contributed by atoms with Crippen LogP contribution < -0.4 is 10.5 Å². The number of halogens is 2. The van der Waals surface area contributed by atoms with Crippen LogP contribution in [-0.2, 0) is 19.1 Å². The van der Waals surface area contributed by atoms with E-state index in [0.29, 0.717) is 40.0 Å². The molecule has 0 fully saturated rings. The number of hydrogen-bond acceptors (Lipinski definition) is 6. The Morgan fingerprint density at radius 2 is 2.00 bits per heavy atom. The van der Waals surface area contributed by atoms with E-state index in [1.807, 2.05) is 26.0 Å². The molecule has 0 saturated carbocycles. The Kier molecular flexibility index (Phi) is 6.15. The summed E-state index contributed by atoms with van der Waals surface area (Å²) in [6, 6.07) is 3.66. The molecule has 0 saturated heterocycles. The molecule has 0 aromatic heterocycles. The van der Waals surface area contributed by atoms with Gasteiger partial charge in [0.1, 0.15) is 17.1 Å². The number of carbonyl (C=O) groups is 2. The number of esters is 1. The Morgan fingerprint density at radius 3 is 2.62 bits per heavy atom. The zero-order chi connectivity index (χ0) is 21.5. The van der Waals surface area contributed by atoms with Crippen molar-refractivity contribution < 1.29 is 23.8 Å². The van der Waals surface area contributed by atoms with E-state index < -0.39 is 11.9 Å². The summed E-state index contributed by atoms with van der Waals surface area (Å²) in [5.74, 6) is -0.467. The fourth-order valence-electron chi connectivity index (χ4n) is 3.91. The summed E-state index contributed by atoms with van der Waals surface area (Å²) >= 11 is 6.98. The number of nitrogens with two attached hydrogens (primary N) is 1. The number of ether oxygens (including phenoxy) is 3. The highest BCUT2D eigenvalue weighted by atomic mass is 79.9. The SMILES string of the molecule is CCOC(=O)C1=C(N)OC2=C(C(=O)CC(C)(C)C2)C1c1cc(Br)cc(Br)c1OC. The fourth-order valence-corrected chi connectivity index (χ4v) is 5.33. The summed E-state index contributed by atoms with van der Waals surface area (Å²) in [4.78, 5) is 26.0. The van der Waals surface area contributed by atoms with Crippen LogP contribution in [0, 0.1) is 5.41 Å². The maximum Gasteiger partial charge on any atom is 0.340 e. The van der Waals surface area contributed by atoms with Crippen LogP contribution in [0.3, 0.4) is 0 Å². The third-order valence-corrected chi connectivity index (χ3v) is 6.05. The van der Waals surface area contributed by atoms with Gasteiger partial charge in [-0.15, -0.1) is 0 Å². The molecule has 1 unspecified atom stereocenters. The van der Waals surface area contributed by atoms with Gasteiger partial charge in [-0.1, -0.05) is 29.8 Å². The van der Waals surface area contributed by atoms with Gasteiger partial charge in [-0.05, 0) is 40.4 Å². The van der Waals surface area contributed by atoms with Crippen molar-refractivity contribution in [3.63, 3.8) is 0 Å². The molecule has 6 nitrogen and oxygen atoms in total. The molecule has 3 rings (SSSR count). The van der Waals surface area contributed by atoms with Gasteiger partial charge < -0.3 is 19.9 Å². The van der Waals surface area contributed by atoms with Crippen LogP contribution in [-0.4, -0.2) is 25.5 Å². The minimum Gasteiger partial charge on any atom is -0.495 e. The van der Waals surface area contributed by atoms with Crippen molar-refractivity contribution in [2.45, 2.75) is 39.5 Å². The van der Waals surface area contributed by atoms with Gasteiger partial charge in [-0.25, -0.2) is 4.79 Å². The highest BCUT2D eigenvalue weighted by Gasteiger charge is 2.46. The van der Waals surface area contributed by atoms with E-state index in [9.17, 15) is 9.59 Å². The predicted octanol–water partition coefficient (Wildman–Crippen LogP) is 4.71. The Morgan fingerprint density at radius 1 is 1.31 bits per heavy atom. The number of benzene rings is 1. The van der Waals surface area contributed by atoms with Crippen LogP contribution in [0.2, 0.25) is 0 Å². The molecule has 0 bridgehead atoms. The first-order valence-electron chi connectivity index (χ1n) is 9.23. The molecular formula is C21H23Br2NO5. The lowest BCUT2D eigenvalue weighted by molar-refractivity contribution is -0.139. The highest BCUT2D eigenvalue weighted by molar-refractivity contribution is 9.11. The monoisotopic (exact) mass is 527 g/mol. The van der Waals surface area contributed by atoms with Gasteiger partial charge in [0.2, 0.25) is 5.88 Å². The van der Waals surface area contributed by atoms with Gasteiger partial charge in [0, 0.05) is 28.5 Å². The minimum absolute atomic E-state index is 0.0455. The predicted molar refractivity (Wildman–Crippen MR) is 115 cm³/mol. The molecule has 0 spiro atoms. The molecule has 1 aliphatic carbocycles. The van der Waals surface area contributed by atoms with Crippen LogP contribution in [0.25, 0.3) is 0 Å². The molecule has 1 heterocycles. The molecule has 1 atom stereocenters. The Hall–Kier alpha value is -1.80. The Labute approximate surface area is 186 Å². The van der Waals surface area contributed by atoms with E-state index in [1.165, 1.54) is 7.11 Å². The largest absolute Gasteiger partial charge is 0.495 e. The lowest BCUT2D eigenvalue weighted by Crippen LogP contribution is -2.35. The third-order valence-electron chi connectivity index (χ3n) is 5.00. The number of Topliss-reactive ketones (excluding diaryl/α,β-unsaturated/α-hetero) is 1. The minimum atomic E-state index is -0.745. The quantitative estimate of drug-likeness (QED) is 0.569. The first-order valence-corrected chi connectivity index (χ1v) is 10.8. The van der Waals surface area contributed by atoms with E-state index in [4.69, 9.17) is 19.9 Å². The molecule has 1 aliphatic heterocycles. The van der Waals surface area contributed by atoms with E-state index >= 15 is 0 Å². The van der Waals surface area contributed by atoms with Crippen molar-refractivity contribution in [1.29, 1.82) is 0 Å². The van der Waals surface area contributed by atoms with Crippen LogP contribution in [0.1, 0.15) is 45.1 Å². The summed E-state index contributed by atoms with van der Waals surface area (Å²) in [6.07, 6.45) is 0.887. The van der Waals surface area contributed by atoms with Crippen molar-refractivity contribution in [3.05, 3.63) is 49.4 Å². The van der Waals surface area contributed by atoms with E-state index in [1.54, 1.807) is 6.92 Å². The second-order valence-electron chi connectivity index (χ2n) is 7.82. The molecule has 8 heteroatoms. The van der Waals surface area contributed by atoms with Crippen LogP contribution in [0.4, 0.5) is 0 Å². The van der Waals surface area contributed by atoms with Crippen LogP contribution in [0.15, 0.2) is 43.9 Å². The number of carbonyl (C=O) groups excluding carboxylic acids is 2. The normalized spacial score (nSPS) is 20.9. The molecule has 0 amide bonds. The molecule has 0 radical (unpaired) electrons. The summed E-state index contributed by atoms with van der Waals surface area (Å²) < 4.78 is 18.1. The Bertz CT molecular complexity index is 949. The molecule has 1 aromatic rings. The van der Waals surface area contributed by atoms with Crippen molar-refractivity contribution in [3.8, 4) is 5.75 Å². The standard InChI is InChI=1S/C21H23Br2NO5/c1-5-28-20(26)17-15(11-6-10(22)7-12(23)18(11)27-4)16-13(25)8-21(2,3)9-14(16)29-19(17)24/h6-7,15H,5,8-9,24H2,1-4H3. The van der Waals surface area contributed by atoms with Crippen LogP contribution >= 0.6 is 31.9 Å². The summed E-state index contributed by atoms with van der Waals surface area (Å²) in [5, 5.41) is 0. The molecule has 2 N–H and O–H groups in total. The van der Waals surface area contributed by atoms with Gasteiger partial charge in [0.05, 0.1) is 24.1 Å². The fraction of sp³-hybridized carbons (Fsp3) is 0.429. The van der Waals surface area contributed by atoms with Crippen molar-refractivity contribution in [1.82, 2.24) is 0 Å². The summed E-state index contributed by atoms with van der Waals surface area (Å²) in [7, 11) is 1.54. The first kappa shape index (κ1) is 21.9. The van der Waals surface area contributed by atoms with E-state index in [-0.39, 0.29) is 29.3 Å². The molecular weight excluding hydrogens is 506 g/mol. The lowest BCUT2D eigenvalue weighted by atomic mass is 9.70. The molecule has 2 aliphatic rings. The smallest absolute Gasteiger partial charge is 0.340 e. The zero-order valence-corrected chi connectivity index (χ0v) is 19.9. The van der Waals surface area contributed by atoms with Crippen molar-refractivity contribution in [2.75, 3.05) is 13.7 Å². The molecule has 29 heavy (non-hydrogen) atoms. The molecule has 156 valence electrons. The lowest BCUT2D eigenvalue weighted by Gasteiger charge is -2.38. The third kappa shape index (κ3) is 4.10. The second-order valence-corrected chi connectivity index (χ2v) is 9.59. The van der Waals surface area contributed by atoms with Gasteiger partial charge in [0.15, 0.2) is 5.78 Å². The summed E-state index contributed by atoms with van der Waals surface area (Å²) in [6.45, 7) is 5.89. The number of methoxy groups -OCH3 is 1. The van der Waals surface area contributed by atoms with E-state index in [2.05, 4.69) is 31.9 Å². The average molecular weight is 529 g/mol. The van der Waals surface area contributed by atoms with Gasteiger partial charge >= 0.3 is 5.97 Å². The number of ketones is 1. The van der Waals surface area contributed by atoms with Crippen LogP contribution in [0.5, 0.6) is 5.75 Å². The van der Waals surface area contributed by atoms with Crippen molar-refractivity contribution in [2.24, 2.45) is 11.1 Å². The van der Waals surface area contributed by atoms with Gasteiger partial charge in [-0.2, -0.15) is 0 Å². The van der Waals surface area contributed by atoms with Gasteiger partial charge in [0.25, 0.3) is 0 Å². The van der Waals surface area contributed by atoms with E-state index in [0.717, 1.165) is 4.47 Å². The number of hydrogen-bond donors (Lipinski definition) is 1. The first-order chi connectivity index (χ1) is 13.6. The number of rotatable bonds is 4. The summed E-state index contributed by atoms with van der Waals surface area (Å²) in [5.41, 5.74) is 7.11.